The van der Waals surface area contributed by atoms with Crippen LogP contribution in [0.15, 0.2) is 83.9 Å². The molecule has 1 aliphatic rings. The van der Waals surface area contributed by atoms with Gasteiger partial charge in [0.1, 0.15) is 6.33 Å². The molecule has 2 heterocycles. The van der Waals surface area contributed by atoms with E-state index in [1.54, 1.807) is 17.8 Å². The lowest BCUT2D eigenvalue weighted by Crippen LogP contribution is -2.42. The van der Waals surface area contributed by atoms with Crippen molar-refractivity contribution in [3.8, 4) is 5.69 Å². The molecule has 1 atom stereocenters. The van der Waals surface area contributed by atoms with Crippen LogP contribution in [0.4, 0.5) is 5.69 Å². The SMILES string of the molecule is CCOC(=O)c1cc(CNC(=O)C(Cc2ccccc2)C2CCN(c3ccc(-n4cnn(C(C)C)c4=O)cc3)CC2)ccc1C. The van der Waals surface area contributed by atoms with Crippen molar-refractivity contribution in [2.24, 2.45) is 11.8 Å². The predicted molar refractivity (Wildman–Crippen MR) is 176 cm³/mol. The van der Waals surface area contributed by atoms with E-state index in [1.165, 1.54) is 4.68 Å². The smallest absolute Gasteiger partial charge is 0.350 e. The number of rotatable bonds is 11. The van der Waals surface area contributed by atoms with Gasteiger partial charge in [0.2, 0.25) is 5.91 Å². The molecule has 1 unspecified atom stereocenters. The van der Waals surface area contributed by atoms with E-state index < -0.39 is 0 Å². The molecule has 45 heavy (non-hydrogen) atoms. The van der Waals surface area contributed by atoms with Crippen LogP contribution < -0.4 is 15.9 Å². The van der Waals surface area contributed by atoms with Crippen molar-refractivity contribution < 1.29 is 14.3 Å². The molecule has 9 heteroatoms. The summed E-state index contributed by atoms with van der Waals surface area (Å²) >= 11 is 0. The fourth-order valence-electron chi connectivity index (χ4n) is 6.10. The van der Waals surface area contributed by atoms with Gasteiger partial charge in [0.25, 0.3) is 0 Å². The number of carbonyl (C=O) groups is 2. The summed E-state index contributed by atoms with van der Waals surface area (Å²) in [5, 5.41) is 7.40. The number of ether oxygens (including phenoxy) is 1. The number of aryl methyl sites for hydroxylation is 1. The summed E-state index contributed by atoms with van der Waals surface area (Å²) < 4.78 is 8.25. The number of benzene rings is 3. The Kier molecular flexibility index (Phi) is 10.2. The molecule has 0 spiro atoms. The van der Waals surface area contributed by atoms with Crippen LogP contribution in [0.2, 0.25) is 0 Å². The van der Waals surface area contributed by atoms with Crippen molar-refractivity contribution in [2.75, 3.05) is 24.6 Å². The molecular weight excluding hydrogens is 566 g/mol. The second-order valence-corrected chi connectivity index (χ2v) is 12.0. The summed E-state index contributed by atoms with van der Waals surface area (Å²) in [4.78, 5) is 41.2. The van der Waals surface area contributed by atoms with Gasteiger partial charge in [-0.25, -0.2) is 18.8 Å². The van der Waals surface area contributed by atoms with Gasteiger partial charge in [-0.2, -0.15) is 5.10 Å². The molecule has 1 saturated heterocycles. The predicted octanol–water partition coefficient (Wildman–Crippen LogP) is 5.49. The van der Waals surface area contributed by atoms with Gasteiger partial charge >= 0.3 is 11.7 Å². The lowest BCUT2D eigenvalue weighted by molar-refractivity contribution is -0.127. The van der Waals surface area contributed by atoms with Crippen LogP contribution in [-0.2, 0) is 22.5 Å². The molecule has 1 aliphatic heterocycles. The number of amides is 1. The van der Waals surface area contributed by atoms with Crippen LogP contribution in [0.3, 0.4) is 0 Å². The number of anilines is 1. The molecule has 0 radical (unpaired) electrons. The third-order valence-corrected chi connectivity index (χ3v) is 8.68. The van der Waals surface area contributed by atoms with Crippen LogP contribution in [0, 0.1) is 18.8 Å². The zero-order chi connectivity index (χ0) is 31.9. The van der Waals surface area contributed by atoms with Crippen molar-refractivity contribution in [1.29, 1.82) is 0 Å². The molecule has 1 N–H and O–H groups in total. The fourth-order valence-corrected chi connectivity index (χ4v) is 6.10. The van der Waals surface area contributed by atoms with E-state index in [1.807, 2.05) is 69.3 Å². The first-order chi connectivity index (χ1) is 21.7. The summed E-state index contributed by atoms with van der Waals surface area (Å²) in [6.45, 7) is 9.90. The zero-order valence-corrected chi connectivity index (χ0v) is 26.6. The van der Waals surface area contributed by atoms with Crippen LogP contribution >= 0.6 is 0 Å². The number of esters is 1. The molecule has 0 saturated carbocycles. The average Bonchev–Trinajstić information content (AvgIpc) is 3.45. The van der Waals surface area contributed by atoms with Crippen LogP contribution in [0.1, 0.15) is 66.7 Å². The minimum Gasteiger partial charge on any atom is -0.462 e. The van der Waals surface area contributed by atoms with Gasteiger partial charge in [-0.05, 0) is 99.9 Å². The van der Waals surface area contributed by atoms with E-state index in [-0.39, 0.29) is 35.4 Å². The number of hydrogen-bond donors (Lipinski definition) is 1. The monoisotopic (exact) mass is 609 g/mol. The van der Waals surface area contributed by atoms with Gasteiger partial charge < -0.3 is 15.0 Å². The lowest BCUT2D eigenvalue weighted by atomic mass is 9.80. The molecule has 9 nitrogen and oxygen atoms in total. The van der Waals surface area contributed by atoms with Gasteiger partial charge in [-0.1, -0.05) is 42.5 Å². The largest absolute Gasteiger partial charge is 0.462 e. The Hall–Kier alpha value is -4.66. The van der Waals surface area contributed by atoms with E-state index in [2.05, 4.69) is 39.6 Å². The van der Waals surface area contributed by atoms with Crippen molar-refractivity contribution in [3.05, 3.63) is 112 Å². The number of nitrogens with one attached hydrogen (secondary N) is 1. The first-order valence-corrected chi connectivity index (χ1v) is 15.8. The quantitative estimate of drug-likeness (QED) is 0.226. The van der Waals surface area contributed by atoms with Crippen molar-refractivity contribution >= 4 is 17.6 Å². The number of carbonyl (C=O) groups excluding carboxylic acids is 2. The highest BCUT2D eigenvalue weighted by Crippen LogP contribution is 2.31. The Morgan fingerprint density at radius 2 is 1.64 bits per heavy atom. The minimum atomic E-state index is -0.345. The summed E-state index contributed by atoms with van der Waals surface area (Å²) in [6.07, 6.45) is 4.03. The molecule has 0 bridgehead atoms. The maximum Gasteiger partial charge on any atom is 0.350 e. The van der Waals surface area contributed by atoms with Gasteiger partial charge in [0.05, 0.1) is 23.9 Å². The maximum atomic E-state index is 13.8. The highest BCUT2D eigenvalue weighted by molar-refractivity contribution is 5.91. The van der Waals surface area contributed by atoms with Crippen LogP contribution in [0.5, 0.6) is 0 Å². The zero-order valence-electron chi connectivity index (χ0n) is 26.6. The Bertz CT molecular complexity index is 1650. The first-order valence-electron chi connectivity index (χ1n) is 15.8. The standard InChI is InChI=1S/C36H43N5O4/c1-5-45-35(43)32-22-28(12-11-26(32)4)23-37-34(42)33(21-27-9-7-6-8-10-27)29-17-19-39(20-18-29)30-13-15-31(16-14-30)40-24-38-41(25(2)3)36(40)44/h6-16,22,24-25,29,33H,5,17-21,23H2,1-4H3,(H,37,42). The molecule has 1 aromatic heterocycles. The van der Waals surface area contributed by atoms with Crippen molar-refractivity contribution in [1.82, 2.24) is 19.7 Å². The summed E-state index contributed by atoms with van der Waals surface area (Å²) in [5.41, 5.74) is 5.13. The molecular formula is C36H43N5O4. The number of nitrogens with zero attached hydrogens (tertiary/aromatic N) is 4. The van der Waals surface area contributed by atoms with E-state index in [0.717, 1.165) is 54.0 Å². The maximum absolute atomic E-state index is 13.8. The van der Waals surface area contributed by atoms with E-state index in [9.17, 15) is 14.4 Å². The second-order valence-electron chi connectivity index (χ2n) is 12.0. The molecule has 0 aliphatic carbocycles. The highest BCUT2D eigenvalue weighted by Gasteiger charge is 2.32. The Labute approximate surface area is 264 Å². The van der Waals surface area contributed by atoms with Crippen LogP contribution in [0.25, 0.3) is 5.69 Å². The average molecular weight is 610 g/mol. The van der Waals surface area contributed by atoms with E-state index >= 15 is 0 Å². The third-order valence-electron chi connectivity index (χ3n) is 8.68. The van der Waals surface area contributed by atoms with Gasteiger partial charge in [-0.3, -0.25) is 4.79 Å². The summed E-state index contributed by atoms with van der Waals surface area (Å²) in [5.74, 6) is -0.249. The first kappa shape index (κ1) is 31.8. The minimum absolute atomic E-state index is 0.00101. The summed E-state index contributed by atoms with van der Waals surface area (Å²) in [6, 6.07) is 23.9. The molecule has 4 aromatic rings. The molecule has 3 aromatic carbocycles. The van der Waals surface area contributed by atoms with E-state index in [4.69, 9.17) is 4.74 Å². The van der Waals surface area contributed by atoms with Gasteiger partial charge in [0, 0.05) is 31.2 Å². The molecule has 1 fully saturated rings. The number of piperidine rings is 1. The van der Waals surface area contributed by atoms with Crippen molar-refractivity contribution in [2.45, 2.75) is 59.5 Å². The molecule has 1 amide bonds. The lowest BCUT2D eigenvalue weighted by Gasteiger charge is -2.37. The Balaban J connectivity index is 1.25. The summed E-state index contributed by atoms with van der Waals surface area (Å²) in [7, 11) is 0. The second kappa shape index (κ2) is 14.4. The fraction of sp³-hybridized carbons (Fsp3) is 0.389. The van der Waals surface area contributed by atoms with E-state index in [0.29, 0.717) is 25.1 Å². The van der Waals surface area contributed by atoms with Crippen molar-refractivity contribution in [3.63, 3.8) is 0 Å². The Morgan fingerprint density at radius 1 is 0.956 bits per heavy atom. The highest BCUT2D eigenvalue weighted by atomic mass is 16.5. The van der Waals surface area contributed by atoms with Gasteiger partial charge in [0.15, 0.2) is 0 Å². The molecule has 5 rings (SSSR count). The third kappa shape index (κ3) is 7.53. The number of aromatic nitrogens is 3. The number of hydrogen-bond acceptors (Lipinski definition) is 6. The van der Waals surface area contributed by atoms with Gasteiger partial charge in [-0.15, -0.1) is 0 Å². The molecule has 236 valence electrons. The normalized spacial score (nSPS) is 14.4. The van der Waals surface area contributed by atoms with Crippen LogP contribution in [-0.4, -0.2) is 45.9 Å². The topological polar surface area (TPSA) is 98.5 Å². The Morgan fingerprint density at radius 3 is 2.29 bits per heavy atom.